The van der Waals surface area contributed by atoms with Gasteiger partial charge in [-0.3, -0.25) is 19.1 Å². The van der Waals surface area contributed by atoms with Crippen molar-refractivity contribution in [2.75, 3.05) is 13.7 Å². The molecule has 2 saturated carbocycles. The van der Waals surface area contributed by atoms with Crippen molar-refractivity contribution in [1.29, 1.82) is 0 Å². The van der Waals surface area contributed by atoms with Crippen LogP contribution in [-0.2, 0) is 24.4 Å². The van der Waals surface area contributed by atoms with Gasteiger partial charge in [0.05, 0.1) is 24.9 Å². The van der Waals surface area contributed by atoms with E-state index in [4.69, 9.17) is 15.2 Å². The normalized spacial score (nSPS) is 29.5. The fourth-order valence-corrected chi connectivity index (χ4v) is 7.61. The zero-order valence-electron chi connectivity index (χ0n) is 24.7. The molecule has 6 rings (SSSR count). The molecule has 1 aromatic heterocycles. The molecule has 236 valence electrons. The Morgan fingerprint density at radius 3 is 2.75 bits per heavy atom. The van der Waals surface area contributed by atoms with Gasteiger partial charge < -0.3 is 25.4 Å². The minimum Gasteiger partial charge on any atom is -0.497 e. The fourth-order valence-electron chi connectivity index (χ4n) is 6.25. The van der Waals surface area contributed by atoms with Gasteiger partial charge in [0.2, 0.25) is 27.7 Å². The van der Waals surface area contributed by atoms with Crippen molar-refractivity contribution in [3.05, 3.63) is 42.6 Å². The molecule has 1 aromatic carbocycles. The fraction of sp³-hybridized carbons (Fsp3) is 0.548. The number of aromatic nitrogens is 1. The number of hydrogen-bond acceptors (Lipinski definition) is 9. The number of methoxy groups -OCH3 is 1. The standard InChI is InChI=1S/C31H39N5O7S/c1-42-21-9-12-24-19(15-21)13-14-33-28(24)43-22-16-26-27(37)34-31(30(39)35-44(40,41)23-10-11-23)17-20(31)7-5-3-2-4-6-8-25(32)29(38)36(26)18-22/h5,7,9,12-15,20,22-23,25-26H,2-4,6,8,10-11,16-18,32H2,1H3,(H,34,37)(H,35,39)/t20?,22-,25+,26+,31-/m1/s1. The van der Waals surface area contributed by atoms with Crippen LogP contribution in [0.5, 0.6) is 11.6 Å². The third-order valence-electron chi connectivity index (χ3n) is 9.10. The summed E-state index contributed by atoms with van der Waals surface area (Å²) in [7, 11) is -2.23. The number of ether oxygens (including phenoxy) is 2. The van der Waals surface area contributed by atoms with Crippen LogP contribution in [0.3, 0.4) is 0 Å². The Hall–Kier alpha value is -3.71. The molecular formula is C31H39N5O7S. The minimum atomic E-state index is -3.82. The topological polar surface area (TPSA) is 170 Å². The van der Waals surface area contributed by atoms with Crippen molar-refractivity contribution in [2.24, 2.45) is 11.7 Å². The van der Waals surface area contributed by atoms with Gasteiger partial charge in [-0.25, -0.2) is 13.4 Å². The molecule has 1 saturated heterocycles. The van der Waals surface area contributed by atoms with Crippen molar-refractivity contribution in [2.45, 2.75) is 86.8 Å². The number of carbonyl (C=O) groups is 3. The highest BCUT2D eigenvalue weighted by Gasteiger charge is 2.62. The van der Waals surface area contributed by atoms with Crippen LogP contribution < -0.4 is 25.2 Å². The average Bonchev–Trinajstić information content (AvgIpc) is 3.93. The molecule has 2 aliphatic heterocycles. The zero-order chi connectivity index (χ0) is 31.1. The van der Waals surface area contributed by atoms with Crippen LogP contribution in [0.4, 0.5) is 0 Å². The number of nitrogens with one attached hydrogen (secondary N) is 2. The molecule has 0 bridgehead atoms. The first-order chi connectivity index (χ1) is 21.1. The molecule has 13 heteroatoms. The van der Waals surface area contributed by atoms with Gasteiger partial charge in [0, 0.05) is 23.9 Å². The number of nitrogens with two attached hydrogens (primary N) is 1. The summed E-state index contributed by atoms with van der Waals surface area (Å²) >= 11 is 0. The van der Waals surface area contributed by atoms with Crippen LogP contribution in [0.1, 0.15) is 57.8 Å². The van der Waals surface area contributed by atoms with Crippen molar-refractivity contribution in [3.63, 3.8) is 0 Å². The number of benzene rings is 1. The van der Waals surface area contributed by atoms with E-state index in [0.29, 0.717) is 30.9 Å². The van der Waals surface area contributed by atoms with Crippen LogP contribution in [0.2, 0.25) is 0 Å². The molecule has 5 atom stereocenters. The number of pyridine rings is 1. The summed E-state index contributed by atoms with van der Waals surface area (Å²) in [6, 6.07) is 5.61. The smallest absolute Gasteiger partial charge is 0.259 e. The third-order valence-corrected chi connectivity index (χ3v) is 10.9. The van der Waals surface area contributed by atoms with Crippen LogP contribution in [0.25, 0.3) is 10.8 Å². The maximum atomic E-state index is 13.9. The van der Waals surface area contributed by atoms with Crippen LogP contribution in [-0.4, -0.2) is 78.7 Å². The van der Waals surface area contributed by atoms with Gasteiger partial charge in [-0.1, -0.05) is 25.0 Å². The van der Waals surface area contributed by atoms with Crippen molar-refractivity contribution < 1.29 is 32.3 Å². The van der Waals surface area contributed by atoms with E-state index in [9.17, 15) is 22.8 Å². The van der Waals surface area contributed by atoms with Crippen LogP contribution in [0, 0.1) is 5.92 Å². The summed E-state index contributed by atoms with van der Waals surface area (Å²) in [5, 5.41) is 3.90. The molecule has 3 fully saturated rings. The molecule has 0 spiro atoms. The number of hydrogen-bond donors (Lipinski definition) is 3. The number of carbonyl (C=O) groups excluding carboxylic acids is 3. The highest BCUT2D eigenvalue weighted by Crippen LogP contribution is 2.46. The molecule has 44 heavy (non-hydrogen) atoms. The summed E-state index contributed by atoms with van der Waals surface area (Å²) in [6.07, 6.45) is 10.1. The molecule has 3 heterocycles. The zero-order valence-corrected chi connectivity index (χ0v) is 25.6. The van der Waals surface area contributed by atoms with Crippen LogP contribution in [0.15, 0.2) is 42.6 Å². The summed E-state index contributed by atoms with van der Waals surface area (Å²) in [4.78, 5) is 46.9. The largest absolute Gasteiger partial charge is 0.497 e. The molecule has 2 aliphatic carbocycles. The first-order valence-corrected chi connectivity index (χ1v) is 16.9. The predicted octanol–water partition coefficient (Wildman–Crippen LogP) is 1.92. The number of rotatable bonds is 6. The number of amides is 3. The molecule has 3 amide bonds. The molecule has 12 nitrogen and oxygen atoms in total. The van der Waals surface area contributed by atoms with E-state index < -0.39 is 50.8 Å². The van der Waals surface area contributed by atoms with Gasteiger partial charge in [0.15, 0.2) is 0 Å². The van der Waals surface area contributed by atoms with Gasteiger partial charge in [0.1, 0.15) is 23.4 Å². The second kappa shape index (κ2) is 12.0. The predicted molar refractivity (Wildman–Crippen MR) is 162 cm³/mol. The summed E-state index contributed by atoms with van der Waals surface area (Å²) < 4.78 is 39.1. The monoisotopic (exact) mass is 625 g/mol. The van der Waals surface area contributed by atoms with Gasteiger partial charge in [-0.2, -0.15) is 0 Å². The van der Waals surface area contributed by atoms with Crippen molar-refractivity contribution in [1.82, 2.24) is 19.9 Å². The lowest BCUT2D eigenvalue weighted by Crippen LogP contribution is -2.57. The lowest BCUT2D eigenvalue weighted by molar-refractivity contribution is -0.140. The maximum absolute atomic E-state index is 13.9. The van der Waals surface area contributed by atoms with E-state index in [2.05, 4.69) is 15.0 Å². The van der Waals surface area contributed by atoms with Gasteiger partial charge in [0.25, 0.3) is 5.91 Å². The quantitative estimate of drug-likeness (QED) is 0.406. The first-order valence-electron chi connectivity index (χ1n) is 15.3. The molecular weight excluding hydrogens is 586 g/mol. The lowest BCUT2D eigenvalue weighted by Gasteiger charge is -2.28. The number of allylic oxidation sites excluding steroid dienone is 1. The van der Waals surface area contributed by atoms with Gasteiger partial charge in [-0.05, 0) is 68.2 Å². The first kappa shape index (κ1) is 30.3. The van der Waals surface area contributed by atoms with E-state index in [1.165, 1.54) is 4.90 Å². The molecule has 0 radical (unpaired) electrons. The lowest BCUT2D eigenvalue weighted by atomic mass is 10.1. The Kier molecular flexibility index (Phi) is 8.27. The number of fused-ring (bicyclic) bond motifs is 3. The van der Waals surface area contributed by atoms with Gasteiger partial charge in [-0.15, -0.1) is 0 Å². The Bertz CT molecular complexity index is 1590. The third kappa shape index (κ3) is 6.12. The SMILES string of the molecule is COc1ccc2c(O[C@@H]3C[C@H]4C(=O)N[C@]5(C(=O)NS(=O)(=O)C6CC6)CC5C=CCCCCC[C@H](N)C(=O)N4C3)nccc2c1. The second-order valence-electron chi connectivity index (χ2n) is 12.3. The maximum Gasteiger partial charge on any atom is 0.259 e. The van der Waals surface area contributed by atoms with Gasteiger partial charge >= 0.3 is 0 Å². The number of nitrogens with zero attached hydrogens (tertiary/aromatic N) is 2. The number of sulfonamides is 1. The Morgan fingerprint density at radius 1 is 1.16 bits per heavy atom. The van der Waals surface area contributed by atoms with Crippen LogP contribution >= 0.6 is 0 Å². The van der Waals surface area contributed by atoms with E-state index in [0.717, 1.165) is 36.5 Å². The Labute approximate surface area is 256 Å². The highest BCUT2D eigenvalue weighted by atomic mass is 32.2. The molecule has 4 aliphatic rings. The molecule has 1 unspecified atom stereocenters. The highest BCUT2D eigenvalue weighted by molar-refractivity contribution is 7.91. The van der Waals surface area contributed by atoms with E-state index >= 15 is 0 Å². The summed E-state index contributed by atoms with van der Waals surface area (Å²) in [5.41, 5.74) is 4.93. The minimum absolute atomic E-state index is 0.109. The van der Waals surface area contributed by atoms with E-state index in [1.54, 1.807) is 19.4 Å². The molecule has 2 aromatic rings. The Morgan fingerprint density at radius 2 is 1.98 bits per heavy atom. The van der Waals surface area contributed by atoms with Crippen molar-refractivity contribution in [3.8, 4) is 11.6 Å². The second-order valence-corrected chi connectivity index (χ2v) is 14.3. The van der Waals surface area contributed by atoms with E-state index in [1.807, 2.05) is 30.4 Å². The Balaban J connectivity index is 1.27. The van der Waals surface area contributed by atoms with E-state index in [-0.39, 0.29) is 31.2 Å². The average molecular weight is 626 g/mol. The summed E-state index contributed by atoms with van der Waals surface area (Å²) in [6.45, 7) is 0.109. The summed E-state index contributed by atoms with van der Waals surface area (Å²) in [5.74, 6) is -0.952. The van der Waals surface area contributed by atoms with Crippen molar-refractivity contribution >= 4 is 38.5 Å². The molecule has 4 N–H and O–H groups in total.